The van der Waals surface area contributed by atoms with Gasteiger partial charge in [0.05, 0.1) is 15.3 Å². The van der Waals surface area contributed by atoms with Crippen LogP contribution in [-0.2, 0) is 26.6 Å². The van der Waals surface area contributed by atoms with E-state index in [1.54, 1.807) is 48.5 Å². The maximum atomic E-state index is 14.6. The Morgan fingerprint density at radius 2 is 1.27 bits per heavy atom. The van der Waals surface area contributed by atoms with Gasteiger partial charge in [-0.05, 0) is 92.0 Å². The first-order valence-electron chi connectivity index (χ1n) is 16.3. The molecule has 1 aliphatic rings. The molecule has 0 spiro atoms. The Morgan fingerprint density at radius 3 is 1.83 bits per heavy atom. The largest absolute Gasteiger partial charge is 0.544 e. The van der Waals surface area contributed by atoms with Gasteiger partial charge in [-0.3, -0.25) is 0 Å². The zero-order valence-corrected chi connectivity index (χ0v) is 31.3. The van der Waals surface area contributed by atoms with E-state index in [-0.39, 0.29) is 27.9 Å². The predicted octanol–water partition coefficient (Wildman–Crippen LogP) is 8.61. The maximum absolute atomic E-state index is 14.6. The molecule has 0 saturated carbocycles. The first-order chi connectivity index (χ1) is 22.5. The molecule has 0 radical (unpaired) electrons. The summed E-state index contributed by atoms with van der Waals surface area (Å²) in [6, 6.07) is 29.1. The second kappa shape index (κ2) is 12.3. The van der Waals surface area contributed by atoms with Crippen molar-refractivity contribution in [2.75, 3.05) is 6.54 Å². The minimum atomic E-state index is -4.07. The Hall–Kier alpha value is -3.70. The summed E-state index contributed by atoms with van der Waals surface area (Å²) in [7, 11) is -10.0. The molecule has 0 aliphatic carbocycles. The second-order valence-electron chi connectivity index (χ2n) is 14.4. The van der Waals surface area contributed by atoms with E-state index < -0.39 is 34.3 Å². The van der Waals surface area contributed by atoms with Crippen LogP contribution in [0.1, 0.15) is 61.1 Å². The molecule has 1 unspecified atom stereocenters. The topological polar surface area (TPSA) is 85.7 Å². The summed E-state index contributed by atoms with van der Waals surface area (Å²) in [5.41, 5.74) is 4.65. The standard InChI is InChI=1S/C38H44N2O5S2Si/c1-27-12-20-31(21-13-27)46(41,42)39-25-24-33(29-16-18-30(19-17-29)45-48(6,7)38(3,4)5)37-35(26-39)34-10-8-9-11-36(34)40(37)47(43,44)32-22-14-28(2)15-23-32/h8-23,33H,24-26H2,1-7H3. The third-order valence-corrected chi connectivity index (χ3v) is 17.9. The van der Waals surface area contributed by atoms with Crippen molar-refractivity contribution in [2.24, 2.45) is 0 Å². The molecule has 0 saturated heterocycles. The maximum Gasteiger partial charge on any atom is 0.268 e. The minimum absolute atomic E-state index is 0.0273. The monoisotopic (exact) mass is 700 g/mol. The molecule has 6 rings (SSSR count). The molecule has 252 valence electrons. The van der Waals surface area contributed by atoms with E-state index >= 15 is 0 Å². The number of hydrogen-bond donors (Lipinski definition) is 0. The van der Waals surface area contributed by atoms with Gasteiger partial charge in [0.25, 0.3) is 10.0 Å². The smallest absolute Gasteiger partial charge is 0.268 e. The lowest BCUT2D eigenvalue weighted by atomic mass is 9.91. The molecule has 0 N–H and O–H groups in total. The number of rotatable bonds is 7. The van der Waals surface area contributed by atoms with Crippen LogP contribution in [0.15, 0.2) is 107 Å². The molecule has 10 heteroatoms. The lowest BCUT2D eigenvalue weighted by Gasteiger charge is -2.36. The van der Waals surface area contributed by atoms with Gasteiger partial charge in [0, 0.05) is 30.1 Å². The van der Waals surface area contributed by atoms with Gasteiger partial charge in [-0.2, -0.15) is 4.31 Å². The number of benzene rings is 4. The van der Waals surface area contributed by atoms with Crippen LogP contribution in [0.5, 0.6) is 5.75 Å². The van der Waals surface area contributed by atoms with Gasteiger partial charge in [0.2, 0.25) is 18.3 Å². The highest BCUT2D eigenvalue weighted by Gasteiger charge is 2.40. The molecule has 48 heavy (non-hydrogen) atoms. The van der Waals surface area contributed by atoms with E-state index in [1.807, 2.05) is 62.4 Å². The Morgan fingerprint density at radius 1 is 0.729 bits per heavy atom. The summed E-state index contributed by atoms with van der Waals surface area (Å²) in [5.74, 6) is 0.364. The molecule has 1 atom stereocenters. The van der Waals surface area contributed by atoms with Crippen LogP contribution in [0.2, 0.25) is 18.1 Å². The second-order valence-corrected chi connectivity index (χ2v) is 22.8. The summed E-state index contributed by atoms with van der Waals surface area (Å²) in [6.45, 7) is 15.1. The molecular formula is C38H44N2O5S2Si. The van der Waals surface area contributed by atoms with Crippen LogP contribution in [0.4, 0.5) is 0 Å². The van der Waals surface area contributed by atoms with Crippen molar-refractivity contribution in [1.82, 2.24) is 8.28 Å². The fraction of sp³-hybridized carbons (Fsp3) is 0.316. The quantitative estimate of drug-likeness (QED) is 0.159. The van der Waals surface area contributed by atoms with Gasteiger partial charge >= 0.3 is 0 Å². The van der Waals surface area contributed by atoms with Gasteiger partial charge in [0.1, 0.15) is 5.75 Å². The summed E-state index contributed by atoms with van der Waals surface area (Å²) in [6.07, 6.45) is 0.389. The summed E-state index contributed by atoms with van der Waals surface area (Å²) in [4.78, 5) is 0.401. The molecule has 1 aliphatic heterocycles. The fourth-order valence-corrected chi connectivity index (χ4v) is 10.2. The summed E-state index contributed by atoms with van der Waals surface area (Å²) < 4.78 is 67.1. The fourth-order valence-electron chi connectivity index (χ4n) is 6.16. The van der Waals surface area contributed by atoms with E-state index in [9.17, 15) is 16.8 Å². The first-order valence-corrected chi connectivity index (χ1v) is 22.1. The zero-order chi connectivity index (χ0) is 34.6. The Labute approximate surface area is 286 Å². The molecule has 0 fully saturated rings. The number of sulfonamides is 1. The Bertz CT molecular complexity index is 2180. The van der Waals surface area contributed by atoms with Crippen molar-refractivity contribution in [3.05, 3.63) is 125 Å². The molecule has 5 aromatic rings. The molecule has 4 aromatic carbocycles. The highest BCUT2D eigenvalue weighted by atomic mass is 32.2. The van der Waals surface area contributed by atoms with Crippen molar-refractivity contribution >= 4 is 39.3 Å². The van der Waals surface area contributed by atoms with Crippen LogP contribution < -0.4 is 4.43 Å². The van der Waals surface area contributed by atoms with E-state index in [4.69, 9.17) is 4.43 Å². The van der Waals surface area contributed by atoms with Crippen LogP contribution in [-0.4, -0.2) is 40.0 Å². The van der Waals surface area contributed by atoms with Crippen LogP contribution >= 0.6 is 0 Å². The third-order valence-electron chi connectivity index (χ3n) is 9.99. The highest BCUT2D eigenvalue weighted by Crippen LogP contribution is 2.43. The van der Waals surface area contributed by atoms with Crippen molar-refractivity contribution in [3.8, 4) is 5.75 Å². The lowest BCUT2D eigenvalue weighted by Crippen LogP contribution is -2.43. The SMILES string of the molecule is Cc1ccc(S(=O)(=O)N2CCC(c3ccc(O[Si](C)(C)C(C)(C)C)cc3)c3c(c4ccccc4n3S(=O)(=O)c3ccc(C)cc3)C2)cc1. The number of aromatic nitrogens is 1. The number of nitrogens with zero attached hydrogens (tertiary/aromatic N) is 2. The van der Waals surface area contributed by atoms with Crippen molar-refractivity contribution < 1.29 is 21.3 Å². The predicted molar refractivity (Wildman–Crippen MR) is 195 cm³/mol. The Kier molecular flexibility index (Phi) is 8.77. The third kappa shape index (κ3) is 6.15. The van der Waals surface area contributed by atoms with E-state index in [2.05, 4.69) is 33.9 Å². The van der Waals surface area contributed by atoms with Crippen LogP contribution in [0.3, 0.4) is 0 Å². The van der Waals surface area contributed by atoms with Crippen molar-refractivity contribution in [1.29, 1.82) is 0 Å². The zero-order valence-electron chi connectivity index (χ0n) is 28.7. The van der Waals surface area contributed by atoms with Gasteiger partial charge in [-0.25, -0.2) is 20.8 Å². The van der Waals surface area contributed by atoms with Gasteiger partial charge in [-0.1, -0.05) is 86.5 Å². The van der Waals surface area contributed by atoms with Crippen molar-refractivity contribution in [2.45, 2.75) is 81.4 Å². The normalized spacial score (nSPS) is 16.4. The number of hydrogen-bond acceptors (Lipinski definition) is 5. The van der Waals surface area contributed by atoms with Crippen LogP contribution in [0, 0.1) is 13.8 Å². The van der Waals surface area contributed by atoms with Gasteiger partial charge in [-0.15, -0.1) is 0 Å². The highest BCUT2D eigenvalue weighted by molar-refractivity contribution is 7.90. The van der Waals surface area contributed by atoms with E-state index in [1.165, 1.54) is 8.28 Å². The average molecular weight is 701 g/mol. The van der Waals surface area contributed by atoms with Gasteiger partial charge in [0.15, 0.2) is 0 Å². The van der Waals surface area contributed by atoms with Gasteiger partial charge < -0.3 is 4.43 Å². The summed E-state index contributed by atoms with van der Waals surface area (Å²) >= 11 is 0. The molecule has 7 nitrogen and oxygen atoms in total. The Balaban J connectivity index is 1.55. The first kappa shape index (κ1) is 34.2. The van der Waals surface area contributed by atoms with E-state index in [0.717, 1.165) is 27.8 Å². The number of para-hydroxylation sites is 1. The number of aryl methyl sites for hydroxylation is 2. The molecule has 0 amide bonds. The van der Waals surface area contributed by atoms with Crippen molar-refractivity contribution in [3.63, 3.8) is 0 Å². The molecule has 1 aromatic heterocycles. The minimum Gasteiger partial charge on any atom is -0.544 e. The molecule has 2 heterocycles. The average Bonchev–Trinajstić information content (AvgIpc) is 3.22. The van der Waals surface area contributed by atoms with E-state index in [0.29, 0.717) is 23.2 Å². The molecule has 0 bridgehead atoms. The lowest BCUT2D eigenvalue weighted by molar-refractivity contribution is 0.406. The summed E-state index contributed by atoms with van der Waals surface area (Å²) in [5, 5.41) is 0.747. The molecular weight excluding hydrogens is 657 g/mol. The van der Waals surface area contributed by atoms with Crippen LogP contribution in [0.25, 0.3) is 10.9 Å². The number of fused-ring (bicyclic) bond motifs is 3.